The zero-order valence-corrected chi connectivity index (χ0v) is 9.69. The lowest BCUT2D eigenvalue weighted by Gasteiger charge is -2.35. The molecule has 5 nitrogen and oxygen atoms in total. The van der Waals surface area contributed by atoms with E-state index in [9.17, 15) is 9.90 Å². The molecule has 5 heteroatoms. The summed E-state index contributed by atoms with van der Waals surface area (Å²) in [4.78, 5) is 12.4. The number of hydrogen-bond donors (Lipinski definition) is 3. The molecule has 1 rings (SSSR count). The molecular formula is C10H20N2O3. The zero-order valence-electron chi connectivity index (χ0n) is 9.69. The van der Waals surface area contributed by atoms with E-state index in [1.54, 1.807) is 7.05 Å². The molecule has 88 valence electrons. The number of amides is 1. The summed E-state index contributed by atoms with van der Waals surface area (Å²) in [7, 11) is 1.74. The molecule has 0 bridgehead atoms. The number of nitrogens with one attached hydrogen (secondary N) is 1. The lowest BCUT2D eigenvalue weighted by molar-refractivity contribution is 0.0407. The number of aliphatic hydroxyl groups is 1. The lowest BCUT2D eigenvalue weighted by Crippen LogP contribution is -2.48. The third-order valence-electron chi connectivity index (χ3n) is 2.97. The Balaban J connectivity index is 2.94. The molecule has 3 N–H and O–H groups in total. The van der Waals surface area contributed by atoms with Gasteiger partial charge in [0, 0.05) is 6.54 Å². The number of rotatable bonds is 1. The number of hydrogen-bond acceptors (Lipinski definition) is 3. The van der Waals surface area contributed by atoms with Crippen molar-refractivity contribution in [2.45, 2.75) is 39.0 Å². The number of aliphatic hydroxyl groups excluding tert-OH is 1. The van der Waals surface area contributed by atoms with E-state index in [-0.39, 0.29) is 17.5 Å². The molecule has 1 saturated heterocycles. The Morgan fingerprint density at radius 2 is 2.00 bits per heavy atom. The monoisotopic (exact) mass is 216 g/mol. The largest absolute Gasteiger partial charge is 0.465 e. The molecule has 0 radical (unpaired) electrons. The number of carbonyl (C=O) groups is 1. The molecule has 1 fully saturated rings. The summed E-state index contributed by atoms with van der Waals surface area (Å²) in [5.41, 5.74) is -0.261. The minimum absolute atomic E-state index is 0.176. The van der Waals surface area contributed by atoms with Crippen molar-refractivity contribution < 1.29 is 15.0 Å². The van der Waals surface area contributed by atoms with Gasteiger partial charge in [-0.1, -0.05) is 20.8 Å². The molecular weight excluding hydrogens is 196 g/mol. The molecule has 1 aliphatic rings. The van der Waals surface area contributed by atoms with Crippen LogP contribution < -0.4 is 5.32 Å². The standard InChI is InChI=1S/C10H20N2O3/c1-10(2,3)8-7(13)6(11-4)5-12(8)9(14)15/h6-8,11,13H,5H2,1-4H3,(H,14,15)/t6-,7-,8?/m1/s1. The van der Waals surface area contributed by atoms with Gasteiger partial charge in [0.2, 0.25) is 0 Å². The average molecular weight is 216 g/mol. The fourth-order valence-electron chi connectivity index (χ4n) is 2.28. The number of nitrogens with zero attached hydrogens (tertiary/aromatic N) is 1. The van der Waals surface area contributed by atoms with Crippen LogP contribution in [0.5, 0.6) is 0 Å². The van der Waals surface area contributed by atoms with Gasteiger partial charge in [-0.05, 0) is 12.5 Å². The highest BCUT2D eigenvalue weighted by atomic mass is 16.4. The van der Waals surface area contributed by atoms with Crippen LogP contribution in [0.4, 0.5) is 4.79 Å². The molecule has 0 aliphatic carbocycles. The van der Waals surface area contributed by atoms with Crippen LogP contribution in [-0.4, -0.2) is 53.0 Å². The fourth-order valence-corrected chi connectivity index (χ4v) is 2.28. The minimum Gasteiger partial charge on any atom is -0.465 e. The van der Waals surface area contributed by atoms with Crippen molar-refractivity contribution >= 4 is 6.09 Å². The zero-order chi connectivity index (χ0) is 11.8. The van der Waals surface area contributed by atoms with Crippen molar-refractivity contribution in [2.75, 3.05) is 13.6 Å². The van der Waals surface area contributed by atoms with Gasteiger partial charge < -0.3 is 20.4 Å². The summed E-state index contributed by atoms with van der Waals surface area (Å²) in [5, 5.41) is 22.0. The molecule has 1 unspecified atom stereocenters. The normalized spacial score (nSPS) is 32.1. The predicted octanol–water partition coefficient (Wildman–Crippen LogP) is 0.344. The molecule has 1 heterocycles. The summed E-state index contributed by atoms with van der Waals surface area (Å²) in [6.45, 7) is 6.16. The molecule has 0 aromatic rings. The molecule has 3 atom stereocenters. The molecule has 1 amide bonds. The molecule has 15 heavy (non-hydrogen) atoms. The predicted molar refractivity (Wildman–Crippen MR) is 56.8 cm³/mol. The van der Waals surface area contributed by atoms with Gasteiger partial charge >= 0.3 is 6.09 Å². The maximum atomic E-state index is 11.1. The minimum atomic E-state index is -0.966. The van der Waals surface area contributed by atoms with Gasteiger partial charge in [0.05, 0.1) is 18.2 Å². The highest BCUT2D eigenvalue weighted by Crippen LogP contribution is 2.33. The van der Waals surface area contributed by atoms with Crippen molar-refractivity contribution in [3.63, 3.8) is 0 Å². The molecule has 0 saturated carbocycles. The van der Waals surface area contributed by atoms with Gasteiger partial charge in [0.15, 0.2) is 0 Å². The van der Waals surface area contributed by atoms with E-state index >= 15 is 0 Å². The van der Waals surface area contributed by atoms with Crippen molar-refractivity contribution in [1.29, 1.82) is 0 Å². The third-order valence-corrected chi connectivity index (χ3v) is 2.97. The van der Waals surface area contributed by atoms with E-state index in [0.29, 0.717) is 6.54 Å². The van der Waals surface area contributed by atoms with E-state index < -0.39 is 12.2 Å². The summed E-state index contributed by atoms with van der Waals surface area (Å²) in [6, 6.07) is -0.530. The number of likely N-dealkylation sites (tertiary alicyclic amines) is 1. The van der Waals surface area contributed by atoms with Crippen LogP contribution in [0.3, 0.4) is 0 Å². The first-order valence-electron chi connectivity index (χ1n) is 5.14. The van der Waals surface area contributed by atoms with Gasteiger partial charge in [0.25, 0.3) is 0 Å². The third kappa shape index (κ3) is 2.23. The van der Waals surface area contributed by atoms with Gasteiger partial charge in [-0.2, -0.15) is 0 Å². The summed E-state index contributed by atoms with van der Waals surface area (Å²) in [6.07, 6.45) is -1.61. The van der Waals surface area contributed by atoms with Crippen LogP contribution in [0.25, 0.3) is 0 Å². The Hall–Kier alpha value is -0.810. The molecule has 0 aromatic carbocycles. The maximum absolute atomic E-state index is 11.1. The lowest BCUT2D eigenvalue weighted by atomic mass is 9.83. The second-order valence-electron chi connectivity index (χ2n) is 5.13. The molecule has 0 spiro atoms. The van der Waals surface area contributed by atoms with Gasteiger partial charge in [-0.25, -0.2) is 4.79 Å². The second kappa shape index (κ2) is 3.98. The van der Waals surface area contributed by atoms with Crippen LogP contribution in [-0.2, 0) is 0 Å². The first-order chi connectivity index (χ1) is 6.79. The summed E-state index contributed by atoms with van der Waals surface area (Å²) >= 11 is 0. The number of likely N-dealkylation sites (N-methyl/N-ethyl adjacent to an activating group) is 1. The molecule has 1 aliphatic heterocycles. The Morgan fingerprint density at radius 3 is 2.27 bits per heavy atom. The topological polar surface area (TPSA) is 72.8 Å². The quantitative estimate of drug-likeness (QED) is 0.591. The van der Waals surface area contributed by atoms with E-state index in [1.807, 2.05) is 20.8 Å². The highest BCUT2D eigenvalue weighted by molar-refractivity contribution is 5.66. The van der Waals surface area contributed by atoms with E-state index in [0.717, 1.165) is 0 Å². The van der Waals surface area contributed by atoms with Gasteiger partial charge in [0.1, 0.15) is 0 Å². The fraction of sp³-hybridized carbons (Fsp3) is 0.900. The Bertz CT molecular complexity index is 250. The van der Waals surface area contributed by atoms with Crippen LogP contribution in [0.15, 0.2) is 0 Å². The Labute approximate surface area is 90.1 Å². The van der Waals surface area contributed by atoms with Gasteiger partial charge in [-0.3, -0.25) is 0 Å². The smallest absolute Gasteiger partial charge is 0.407 e. The van der Waals surface area contributed by atoms with E-state index in [2.05, 4.69) is 5.32 Å². The Morgan fingerprint density at radius 1 is 1.47 bits per heavy atom. The number of carboxylic acid groups (broad SMARTS) is 1. The van der Waals surface area contributed by atoms with Crippen LogP contribution in [0.1, 0.15) is 20.8 Å². The average Bonchev–Trinajstić information content (AvgIpc) is 2.41. The van der Waals surface area contributed by atoms with Crippen molar-refractivity contribution in [1.82, 2.24) is 10.2 Å². The van der Waals surface area contributed by atoms with Crippen LogP contribution in [0, 0.1) is 5.41 Å². The first-order valence-corrected chi connectivity index (χ1v) is 5.14. The van der Waals surface area contributed by atoms with Crippen molar-refractivity contribution in [2.24, 2.45) is 5.41 Å². The maximum Gasteiger partial charge on any atom is 0.407 e. The van der Waals surface area contributed by atoms with Gasteiger partial charge in [-0.15, -0.1) is 0 Å². The SMILES string of the molecule is CN[C@@H]1CN(C(=O)O)C(C(C)(C)C)[C@@H]1O. The summed E-state index contributed by atoms with van der Waals surface area (Å²) < 4.78 is 0. The first kappa shape index (κ1) is 12.3. The van der Waals surface area contributed by atoms with Crippen molar-refractivity contribution in [3.05, 3.63) is 0 Å². The highest BCUT2D eigenvalue weighted by Gasteiger charge is 2.48. The van der Waals surface area contributed by atoms with Crippen LogP contribution >= 0.6 is 0 Å². The van der Waals surface area contributed by atoms with E-state index in [4.69, 9.17) is 5.11 Å². The van der Waals surface area contributed by atoms with Crippen molar-refractivity contribution in [3.8, 4) is 0 Å². The van der Waals surface area contributed by atoms with E-state index in [1.165, 1.54) is 4.90 Å². The summed E-state index contributed by atoms with van der Waals surface area (Å²) in [5.74, 6) is 0. The molecule has 0 aromatic heterocycles. The van der Waals surface area contributed by atoms with Crippen LogP contribution in [0.2, 0.25) is 0 Å². The Kier molecular flexibility index (Phi) is 3.25. The second-order valence-corrected chi connectivity index (χ2v) is 5.13.